The lowest BCUT2D eigenvalue weighted by atomic mass is 9.89. The van der Waals surface area contributed by atoms with Crippen LogP contribution in [-0.4, -0.2) is 56.2 Å². The number of likely N-dealkylation sites (tertiary alicyclic amines) is 1. The average Bonchev–Trinajstić information content (AvgIpc) is 3.36. The Balaban J connectivity index is 1.09. The molecule has 2 N–H and O–H groups in total. The van der Waals surface area contributed by atoms with Gasteiger partial charge in [0.15, 0.2) is 23.2 Å². The van der Waals surface area contributed by atoms with Gasteiger partial charge >= 0.3 is 0 Å². The first-order valence-corrected chi connectivity index (χ1v) is 12.7. The van der Waals surface area contributed by atoms with Gasteiger partial charge < -0.3 is 28.3 Å². The van der Waals surface area contributed by atoms with Gasteiger partial charge in [-0.25, -0.2) is 0 Å². The van der Waals surface area contributed by atoms with Crippen LogP contribution in [0.4, 0.5) is 0 Å². The van der Waals surface area contributed by atoms with Crippen molar-refractivity contribution < 1.29 is 23.4 Å². The summed E-state index contributed by atoms with van der Waals surface area (Å²) in [5.74, 6) is 3.19. The lowest BCUT2D eigenvalue weighted by Crippen LogP contribution is -2.34. The molecule has 2 aliphatic rings. The van der Waals surface area contributed by atoms with Crippen molar-refractivity contribution >= 4 is 22.8 Å². The van der Waals surface area contributed by atoms with Crippen molar-refractivity contribution in [1.82, 2.24) is 4.90 Å². The molecule has 0 aliphatic carbocycles. The molecule has 1 aromatic heterocycles. The van der Waals surface area contributed by atoms with Crippen molar-refractivity contribution in [3.8, 4) is 17.2 Å². The topological polar surface area (TPSA) is 101 Å². The first-order valence-electron chi connectivity index (χ1n) is 12.7. The molecular formula is C28H33N3O5. The van der Waals surface area contributed by atoms with Crippen LogP contribution in [0.15, 0.2) is 46.9 Å². The number of nitrogens with zero attached hydrogens (tertiary/aromatic N) is 1. The van der Waals surface area contributed by atoms with Crippen molar-refractivity contribution in [2.45, 2.75) is 38.5 Å². The Morgan fingerprint density at radius 3 is 2.64 bits per heavy atom. The van der Waals surface area contributed by atoms with E-state index in [2.05, 4.69) is 17.0 Å². The summed E-state index contributed by atoms with van der Waals surface area (Å²) in [7, 11) is 0. The highest BCUT2D eigenvalue weighted by Crippen LogP contribution is 2.36. The molecule has 3 heterocycles. The van der Waals surface area contributed by atoms with E-state index in [1.807, 2.05) is 31.2 Å². The summed E-state index contributed by atoms with van der Waals surface area (Å²) in [5.41, 5.74) is 1.99. The van der Waals surface area contributed by atoms with Crippen LogP contribution in [0.1, 0.15) is 49.8 Å². The maximum absolute atomic E-state index is 8.04. The predicted molar refractivity (Wildman–Crippen MR) is 138 cm³/mol. The predicted octanol–water partition coefficient (Wildman–Crippen LogP) is 5.58. The Labute approximate surface area is 211 Å². The normalized spacial score (nSPS) is 16.1. The van der Waals surface area contributed by atoms with E-state index in [0.717, 1.165) is 61.5 Å². The highest BCUT2D eigenvalue weighted by Gasteiger charge is 2.22. The molecule has 1 saturated heterocycles. The zero-order chi connectivity index (χ0) is 24.9. The molecule has 190 valence electrons. The molecule has 0 bridgehead atoms. The number of fused-ring (bicyclic) bond motifs is 2. The quantitative estimate of drug-likeness (QED) is 0.242. The molecule has 0 amide bonds. The molecule has 0 spiro atoms. The molecule has 0 saturated carbocycles. The highest BCUT2D eigenvalue weighted by molar-refractivity contribution is 6.00. The number of nitrogens with one attached hydrogen (secondary N) is 2. The summed E-state index contributed by atoms with van der Waals surface area (Å²) < 4.78 is 28.4. The van der Waals surface area contributed by atoms with Crippen LogP contribution in [0.3, 0.4) is 0 Å². The van der Waals surface area contributed by atoms with Crippen molar-refractivity contribution in [3.63, 3.8) is 0 Å². The zero-order valence-electron chi connectivity index (χ0n) is 20.7. The maximum atomic E-state index is 8.04. The van der Waals surface area contributed by atoms with Gasteiger partial charge in [0.1, 0.15) is 24.5 Å². The Bertz CT molecular complexity index is 1230. The molecule has 0 unspecified atom stereocenters. The standard InChI is InChI=1S/C28H33N3O5/c1-2-27(29)36-28(30)26-18-21-22(5-3-6-23(21)35-26)32-14-4-11-31-12-9-19(10-13-31)20-7-8-24-25(17-20)34-16-15-33-24/h3,5-8,17-19,29-30H,2,4,9-16H2,1H3. The third-order valence-corrected chi connectivity index (χ3v) is 6.79. The molecule has 2 aliphatic heterocycles. The second-order valence-electron chi connectivity index (χ2n) is 9.21. The van der Waals surface area contributed by atoms with E-state index in [1.165, 1.54) is 5.56 Å². The van der Waals surface area contributed by atoms with Crippen LogP contribution < -0.4 is 14.2 Å². The molecule has 3 aromatic rings. The minimum atomic E-state index is -0.163. The largest absolute Gasteiger partial charge is 0.493 e. The van der Waals surface area contributed by atoms with E-state index < -0.39 is 0 Å². The van der Waals surface area contributed by atoms with Crippen LogP contribution in [0.2, 0.25) is 0 Å². The lowest BCUT2D eigenvalue weighted by Gasteiger charge is -2.32. The van der Waals surface area contributed by atoms with Gasteiger partial charge in [-0.2, -0.15) is 0 Å². The summed E-state index contributed by atoms with van der Waals surface area (Å²) >= 11 is 0. The van der Waals surface area contributed by atoms with Crippen molar-refractivity contribution in [1.29, 1.82) is 10.8 Å². The van der Waals surface area contributed by atoms with Gasteiger partial charge in [0, 0.05) is 19.0 Å². The number of ether oxygens (including phenoxy) is 4. The van der Waals surface area contributed by atoms with Crippen molar-refractivity contribution in [2.24, 2.45) is 0 Å². The van der Waals surface area contributed by atoms with Crippen LogP contribution in [0, 0.1) is 10.8 Å². The van der Waals surface area contributed by atoms with Gasteiger partial charge in [-0.05, 0) is 68.1 Å². The van der Waals surface area contributed by atoms with Crippen LogP contribution in [-0.2, 0) is 4.74 Å². The molecule has 0 radical (unpaired) electrons. The number of hydrogen-bond acceptors (Lipinski definition) is 8. The molecule has 8 heteroatoms. The van der Waals surface area contributed by atoms with E-state index in [4.69, 9.17) is 34.2 Å². The van der Waals surface area contributed by atoms with E-state index in [9.17, 15) is 0 Å². The van der Waals surface area contributed by atoms with E-state index >= 15 is 0 Å². The highest BCUT2D eigenvalue weighted by atomic mass is 16.6. The Morgan fingerprint density at radius 1 is 1.03 bits per heavy atom. The first-order chi connectivity index (χ1) is 17.6. The average molecular weight is 492 g/mol. The van der Waals surface area contributed by atoms with Gasteiger partial charge in [-0.15, -0.1) is 0 Å². The smallest absolute Gasteiger partial charge is 0.256 e. The number of rotatable bonds is 8. The minimum Gasteiger partial charge on any atom is -0.493 e. The minimum absolute atomic E-state index is 0.0345. The fourth-order valence-corrected chi connectivity index (χ4v) is 4.79. The number of benzene rings is 2. The molecule has 1 fully saturated rings. The first kappa shape index (κ1) is 24.2. The molecule has 0 atom stereocenters. The molecule has 8 nitrogen and oxygen atoms in total. The van der Waals surface area contributed by atoms with Crippen molar-refractivity contribution in [3.05, 3.63) is 53.8 Å². The van der Waals surface area contributed by atoms with E-state index in [-0.39, 0.29) is 11.8 Å². The van der Waals surface area contributed by atoms with Crippen molar-refractivity contribution in [2.75, 3.05) is 39.5 Å². The number of piperidine rings is 1. The van der Waals surface area contributed by atoms with Gasteiger partial charge in [-0.1, -0.05) is 19.1 Å². The number of furan rings is 1. The molecular weight excluding hydrogens is 458 g/mol. The van der Waals surface area contributed by atoms with E-state index in [1.54, 1.807) is 6.07 Å². The molecule has 5 rings (SSSR count). The second-order valence-corrected chi connectivity index (χ2v) is 9.21. The lowest BCUT2D eigenvalue weighted by molar-refractivity contribution is 0.170. The summed E-state index contributed by atoms with van der Waals surface area (Å²) in [6, 6.07) is 13.8. The van der Waals surface area contributed by atoms with Crippen LogP contribution >= 0.6 is 0 Å². The summed E-state index contributed by atoms with van der Waals surface area (Å²) in [6.45, 7) is 6.81. The summed E-state index contributed by atoms with van der Waals surface area (Å²) in [5, 5.41) is 16.5. The zero-order valence-corrected chi connectivity index (χ0v) is 20.7. The Morgan fingerprint density at radius 2 is 1.83 bits per heavy atom. The molecule has 2 aromatic carbocycles. The summed E-state index contributed by atoms with van der Waals surface area (Å²) in [4.78, 5) is 2.51. The van der Waals surface area contributed by atoms with Gasteiger partial charge in [0.25, 0.3) is 5.90 Å². The fraction of sp³-hybridized carbons (Fsp3) is 0.429. The van der Waals surface area contributed by atoms with Gasteiger partial charge in [0.05, 0.1) is 12.0 Å². The monoisotopic (exact) mass is 491 g/mol. The third kappa shape index (κ3) is 5.49. The van der Waals surface area contributed by atoms with Gasteiger partial charge in [-0.3, -0.25) is 10.8 Å². The van der Waals surface area contributed by atoms with Crippen LogP contribution in [0.5, 0.6) is 17.2 Å². The third-order valence-electron chi connectivity index (χ3n) is 6.79. The summed E-state index contributed by atoms with van der Waals surface area (Å²) in [6.07, 6.45) is 3.64. The Kier molecular flexibility index (Phi) is 7.41. The molecule has 36 heavy (non-hydrogen) atoms. The maximum Gasteiger partial charge on any atom is 0.256 e. The van der Waals surface area contributed by atoms with E-state index in [0.29, 0.717) is 43.5 Å². The SMILES string of the molecule is CCC(=N)OC(=N)c1cc2c(OCCCN3CCC(c4ccc5c(c4)OCCO5)CC3)cccc2o1. The number of hydrogen-bond donors (Lipinski definition) is 2. The Hall–Kier alpha value is -3.52. The van der Waals surface area contributed by atoms with Crippen LogP contribution in [0.25, 0.3) is 11.0 Å². The second kappa shape index (κ2) is 11.0. The van der Waals surface area contributed by atoms with Gasteiger partial charge in [0.2, 0.25) is 0 Å². The fourth-order valence-electron chi connectivity index (χ4n) is 4.79.